The van der Waals surface area contributed by atoms with Gasteiger partial charge in [0.05, 0.1) is 4.88 Å². The lowest BCUT2D eigenvalue weighted by Gasteiger charge is -2.09. The topological polar surface area (TPSA) is 49.3 Å². The number of amides is 1. The molecule has 0 radical (unpaired) electrons. The first-order valence-corrected chi connectivity index (χ1v) is 7.17. The van der Waals surface area contributed by atoms with Gasteiger partial charge in [0.15, 0.2) is 0 Å². The van der Waals surface area contributed by atoms with E-state index >= 15 is 0 Å². The molecule has 2 N–H and O–H groups in total. The Labute approximate surface area is 115 Å². The number of thiophene rings is 1. The van der Waals surface area contributed by atoms with Crippen molar-refractivity contribution in [2.45, 2.75) is 45.6 Å². The maximum absolute atomic E-state index is 12.1. The number of carbonyl (C=O) groups is 1. The molecule has 1 heterocycles. The zero-order valence-electron chi connectivity index (χ0n) is 11.1. The molecule has 19 heavy (non-hydrogen) atoms. The van der Waals surface area contributed by atoms with Crippen LogP contribution in [0.25, 0.3) is 0 Å². The Morgan fingerprint density at radius 3 is 2.68 bits per heavy atom. The molecule has 1 amide bonds. The van der Waals surface area contributed by atoms with Crippen molar-refractivity contribution in [1.29, 1.82) is 0 Å². The first-order valence-electron chi connectivity index (χ1n) is 6.35. The second-order valence-electron chi connectivity index (χ2n) is 4.27. The zero-order valence-corrected chi connectivity index (χ0v) is 11.9. The average Bonchev–Trinajstić information content (AvgIpc) is 2.79. The maximum atomic E-state index is 12.1. The largest absolute Gasteiger partial charge is 0.385 e. The van der Waals surface area contributed by atoms with Gasteiger partial charge in [-0.25, -0.2) is 8.78 Å². The fraction of sp³-hybridized carbons (Fsp3) is 0.615. The highest BCUT2D eigenvalue weighted by atomic mass is 32.1. The summed E-state index contributed by atoms with van der Waals surface area (Å²) in [4.78, 5) is 13.5. The van der Waals surface area contributed by atoms with Gasteiger partial charge < -0.3 is 10.4 Å². The molecule has 0 aliphatic rings. The van der Waals surface area contributed by atoms with Gasteiger partial charge in [-0.2, -0.15) is 0 Å². The molecule has 1 aromatic heterocycles. The number of aryl methyl sites for hydroxylation is 2. The lowest BCUT2D eigenvalue weighted by atomic mass is 10.1. The van der Waals surface area contributed by atoms with Crippen LogP contribution in [0.1, 0.15) is 40.4 Å². The molecule has 0 bridgehead atoms. The van der Waals surface area contributed by atoms with Crippen LogP contribution < -0.4 is 5.32 Å². The summed E-state index contributed by atoms with van der Waals surface area (Å²) in [7, 11) is 0. The number of carbonyl (C=O) groups excluding carboxylic acids is 1. The van der Waals surface area contributed by atoms with E-state index in [2.05, 4.69) is 12.2 Å². The highest BCUT2D eigenvalue weighted by Gasteiger charge is 2.19. The average molecular weight is 291 g/mol. The lowest BCUT2D eigenvalue weighted by molar-refractivity contribution is -0.00268. The van der Waals surface area contributed by atoms with Crippen molar-refractivity contribution in [3.63, 3.8) is 0 Å². The highest BCUT2D eigenvalue weighted by molar-refractivity contribution is 7.14. The van der Waals surface area contributed by atoms with Crippen LogP contribution in [0.5, 0.6) is 0 Å². The van der Waals surface area contributed by atoms with E-state index < -0.39 is 25.0 Å². The first-order chi connectivity index (χ1) is 8.99. The third-order valence-electron chi connectivity index (χ3n) is 2.74. The number of alkyl halides is 2. The summed E-state index contributed by atoms with van der Waals surface area (Å²) in [6.07, 6.45) is -1.90. The number of aliphatic hydroxyl groups is 1. The fourth-order valence-corrected chi connectivity index (χ4v) is 2.96. The second kappa shape index (κ2) is 7.55. The number of rotatable bonds is 7. The predicted molar refractivity (Wildman–Crippen MR) is 72.0 cm³/mol. The Bertz CT molecular complexity index is 421. The molecule has 3 nitrogen and oxygen atoms in total. The smallest absolute Gasteiger partial charge is 0.265 e. The molecule has 0 saturated heterocycles. The number of nitrogens with one attached hydrogen (secondary N) is 1. The van der Waals surface area contributed by atoms with Crippen molar-refractivity contribution in [3.8, 4) is 0 Å². The van der Waals surface area contributed by atoms with Crippen molar-refractivity contribution in [3.05, 3.63) is 21.4 Å². The minimum Gasteiger partial charge on any atom is -0.385 e. The molecule has 0 saturated carbocycles. The van der Waals surface area contributed by atoms with E-state index in [0.29, 0.717) is 4.88 Å². The molecule has 0 spiro atoms. The summed E-state index contributed by atoms with van der Waals surface area (Å²) in [5.74, 6) is -0.401. The number of halogens is 2. The number of aliphatic hydroxyl groups excluding tert-OH is 1. The minimum atomic E-state index is -2.84. The van der Waals surface area contributed by atoms with E-state index in [1.165, 1.54) is 16.2 Å². The van der Waals surface area contributed by atoms with E-state index in [1.54, 1.807) is 6.07 Å². The molecular formula is C13H19F2NO2S. The predicted octanol–water partition coefficient (Wildman–Crippen LogP) is 2.62. The van der Waals surface area contributed by atoms with E-state index in [-0.39, 0.29) is 0 Å². The lowest BCUT2D eigenvalue weighted by Crippen LogP contribution is -2.35. The van der Waals surface area contributed by atoms with Crippen molar-refractivity contribution < 1.29 is 18.7 Å². The van der Waals surface area contributed by atoms with Crippen LogP contribution in [-0.2, 0) is 12.8 Å². The Kier molecular flexibility index (Phi) is 6.37. The Morgan fingerprint density at radius 1 is 1.47 bits per heavy atom. The molecule has 108 valence electrons. The van der Waals surface area contributed by atoms with Gasteiger partial charge in [0.2, 0.25) is 0 Å². The Morgan fingerprint density at radius 2 is 2.16 bits per heavy atom. The van der Waals surface area contributed by atoms with E-state index in [4.69, 9.17) is 5.11 Å². The maximum Gasteiger partial charge on any atom is 0.265 e. The van der Waals surface area contributed by atoms with Crippen LogP contribution in [0.3, 0.4) is 0 Å². The van der Waals surface area contributed by atoms with Gasteiger partial charge in [-0.05, 0) is 24.5 Å². The molecule has 1 rings (SSSR count). The summed E-state index contributed by atoms with van der Waals surface area (Å²) in [5.41, 5.74) is 1.13. The quantitative estimate of drug-likeness (QED) is 0.811. The standard InChI is InChI=1S/C13H19F2NO2S/c1-3-5-10-8(4-2)6-11(19-10)13(18)16-7-9(17)12(14)15/h6,9,12,17H,3-5,7H2,1-2H3,(H,16,18). The van der Waals surface area contributed by atoms with Gasteiger partial charge in [0, 0.05) is 11.4 Å². The SMILES string of the molecule is CCCc1sc(C(=O)NCC(O)C(F)F)cc1CC. The Hall–Kier alpha value is -1.01. The van der Waals surface area contributed by atoms with Gasteiger partial charge in [-0.1, -0.05) is 20.3 Å². The third-order valence-corrected chi connectivity index (χ3v) is 3.98. The molecule has 0 fully saturated rings. The van der Waals surface area contributed by atoms with E-state index in [1.807, 2.05) is 6.92 Å². The van der Waals surface area contributed by atoms with Gasteiger partial charge >= 0.3 is 0 Å². The summed E-state index contributed by atoms with van der Waals surface area (Å²) in [6, 6.07) is 1.81. The normalized spacial score (nSPS) is 12.7. The van der Waals surface area contributed by atoms with Crippen molar-refractivity contribution >= 4 is 17.2 Å². The van der Waals surface area contributed by atoms with Crippen molar-refractivity contribution in [2.24, 2.45) is 0 Å². The molecule has 1 aromatic rings. The van der Waals surface area contributed by atoms with Crippen LogP contribution in [0.4, 0.5) is 8.78 Å². The van der Waals surface area contributed by atoms with Crippen molar-refractivity contribution in [2.75, 3.05) is 6.54 Å². The third kappa shape index (κ3) is 4.54. The number of hydrogen-bond donors (Lipinski definition) is 2. The van der Waals surface area contributed by atoms with Crippen molar-refractivity contribution in [1.82, 2.24) is 5.32 Å². The van der Waals surface area contributed by atoms with Crippen LogP contribution in [0, 0.1) is 0 Å². The summed E-state index contributed by atoms with van der Waals surface area (Å²) < 4.78 is 24.2. The summed E-state index contributed by atoms with van der Waals surface area (Å²) in [5, 5.41) is 11.3. The first kappa shape index (κ1) is 16.0. The molecule has 1 unspecified atom stereocenters. The van der Waals surface area contributed by atoms with E-state index in [9.17, 15) is 13.6 Å². The van der Waals surface area contributed by atoms with Crippen LogP contribution >= 0.6 is 11.3 Å². The van der Waals surface area contributed by atoms with Crippen LogP contribution in [0.2, 0.25) is 0 Å². The molecule has 0 aromatic carbocycles. The monoisotopic (exact) mass is 291 g/mol. The van der Waals surface area contributed by atoms with Gasteiger partial charge in [0.25, 0.3) is 12.3 Å². The van der Waals surface area contributed by atoms with Crippen LogP contribution in [0.15, 0.2) is 6.07 Å². The van der Waals surface area contributed by atoms with Gasteiger partial charge in [0.1, 0.15) is 6.10 Å². The molecule has 1 atom stereocenters. The fourth-order valence-electron chi connectivity index (χ4n) is 1.69. The summed E-state index contributed by atoms with van der Waals surface area (Å²) in [6.45, 7) is 3.65. The summed E-state index contributed by atoms with van der Waals surface area (Å²) >= 11 is 1.40. The highest BCUT2D eigenvalue weighted by Crippen LogP contribution is 2.24. The van der Waals surface area contributed by atoms with Crippen LogP contribution in [-0.4, -0.2) is 30.1 Å². The van der Waals surface area contributed by atoms with Gasteiger partial charge in [-0.3, -0.25) is 4.79 Å². The molecule has 6 heteroatoms. The zero-order chi connectivity index (χ0) is 14.4. The minimum absolute atomic E-state index is 0.401. The van der Waals surface area contributed by atoms with E-state index in [0.717, 1.165) is 24.8 Å². The second-order valence-corrected chi connectivity index (χ2v) is 5.41. The molecular weight excluding hydrogens is 272 g/mol. The Balaban J connectivity index is 2.66. The number of hydrogen-bond acceptors (Lipinski definition) is 3. The molecule has 0 aliphatic carbocycles. The van der Waals surface area contributed by atoms with Gasteiger partial charge in [-0.15, -0.1) is 11.3 Å². The molecule has 0 aliphatic heterocycles.